The zero-order valence-electron chi connectivity index (χ0n) is 12.8. The standard InChI is InChI=1S/C18H15BrN2OS/c1-12-16(13-6-4-3-5-7-13)21(2)18(23-12)20-17(22)14-8-10-15(19)11-9-14/h3-11H,1-2H3. The van der Waals surface area contributed by atoms with Crippen molar-refractivity contribution in [3.05, 3.63) is 74.3 Å². The summed E-state index contributed by atoms with van der Waals surface area (Å²) < 4.78 is 2.92. The number of aryl methyl sites for hydroxylation is 1. The minimum Gasteiger partial charge on any atom is -0.319 e. The van der Waals surface area contributed by atoms with Crippen LogP contribution in [0.2, 0.25) is 0 Å². The van der Waals surface area contributed by atoms with Crippen LogP contribution in [0.1, 0.15) is 15.2 Å². The highest BCUT2D eigenvalue weighted by Gasteiger charge is 2.11. The van der Waals surface area contributed by atoms with Crippen molar-refractivity contribution in [1.29, 1.82) is 0 Å². The van der Waals surface area contributed by atoms with Gasteiger partial charge >= 0.3 is 0 Å². The van der Waals surface area contributed by atoms with Crippen LogP contribution in [-0.4, -0.2) is 10.5 Å². The third kappa shape index (κ3) is 3.35. The summed E-state index contributed by atoms with van der Waals surface area (Å²) in [7, 11) is 1.94. The molecule has 2 aromatic carbocycles. The molecule has 0 aliphatic carbocycles. The molecule has 0 saturated heterocycles. The lowest BCUT2D eigenvalue weighted by Crippen LogP contribution is -2.14. The molecular weight excluding hydrogens is 372 g/mol. The number of thiazole rings is 1. The second kappa shape index (κ2) is 6.64. The molecular formula is C18H15BrN2OS. The second-order valence-electron chi connectivity index (χ2n) is 5.14. The summed E-state index contributed by atoms with van der Waals surface area (Å²) in [6, 6.07) is 17.4. The monoisotopic (exact) mass is 386 g/mol. The molecule has 0 radical (unpaired) electrons. The van der Waals surface area contributed by atoms with E-state index in [1.165, 1.54) is 11.3 Å². The molecule has 0 atom stereocenters. The summed E-state index contributed by atoms with van der Waals surface area (Å²) in [5, 5.41) is 0. The van der Waals surface area contributed by atoms with Crippen LogP contribution in [0.25, 0.3) is 11.3 Å². The molecule has 0 fully saturated rings. The molecule has 0 aliphatic rings. The first-order valence-corrected chi connectivity index (χ1v) is 8.73. The number of aromatic nitrogens is 1. The number of hydrogen-bond acceptors (Lipinski definition) is 2. The fraction of sp³-hybridized carbons (Fsp3) is 0.111. The summed E-state index contributed by atoms with van der Waals surface area (Å²) in [6.45, 7) is 2.05. The van der Waals surface area contributed by atoms with Crippen LogP contribution < -0.4 is 4.80 Å². The molecule has 1 amide bonds. The predicted molar refractivity (Wildman–Crippen MR) is 97.5 cm³/mol. The highest BCUT2D eigenvalue weighted by Crippen LogP contribution is 2.24. The Hall–Kier alpha value is -1.98. The van der Waals surface area contributed by atoms with Gasteiger partial charge in [0, 0.05) is 22.0 Å². The number of rotatable bonds is 2. The van der Waals surface area contributed by atoms with Crippen LogP contribution in [0.3, 0.4) is 0 Å². The van der Waals surface area contributed by atoms with Gasteiger partial charge in [0.15, 0.2) is 4.80 Å². The maximum Gasteiger partial charge on any atom is 0.279 e. The highest BCUT2D eigenvalue weighted by molar-refractivity contribution is 9.10. The Morgan fingerprint density at radius 1 is 1.09 bits per heavy atom. The number of nitrogens with zero attached hydrogens (tertiary/aromatic N) is 2. The molecule has 5 heteroatoms. The maximum atomic E-state index is 12.3. The van der Waals surface area contributed by atoms with Gasteiger partial charge in [-0.1, -0.05) is 46.3 Å². The summed E-state index contributed by atoms with van der Waals surface area (Å²) >= 11 is 4.90. The molecule has 1 aromatic heterocycles. The van der Waals surface area contributed by atoms with Gasteiger partial charge in [-0.25, -0.2) is 0 Å². The van der Waals surface area contributed by atoms with Gasteiger partial charge in [-0.05, 0) is 36.8 Å². The molecule has 0 aliphatic heterocycles. The Labute approximate surface area is 147 Å². The van der Waals surface area contributed by atoms with Crippen molar-refractivity contribution in [2.75, 3.05) is 0 Å². The van der Waals surface area contributed by atoms with Crippen LogP contribution in [0.5, 0.6) is 0 Å². The lowest BCUT2D eigenvalue weighted by atomic mass is 10.1. The predicted octanol–water partition coefficient (Wildman–Crippen LogP) is 4.57. The van der Waals surface area contributed by atoms with Crippen LogP contribution >= 0.6 is 27.3 Å². The van der Waals surface area contributed by atoms with Crippen molar-refractivity contribution in [2.24, 2.45) is 12.0 Å². The fourth-order valence-corrected chi connectivity index (χ4v) is 3.67. The first kappa shape index (κ1) is 15.9. The van der Waals surface area contributed by atoms with Crippen molar-refractivity contribution in [3.8, 4) is 11.3 Å². The van der Waals surface area contributed by atoms with E-state index in [2.05, 4.69) is 40.0 Å². The number of halogens is 1. The Morgan fingerprint density at radius 3 is 2.39 bits per heavy atom. The molecule has 0 bridgehead atoms. The second-order valence-corrected chi connectivity index (χ2v) is 7.24. The van der Waals surface area contributed by atoms with Gasteiger partial charge in [0.05, 0.1) is 5.69 Å². The number of carbonyl (C=O) groups excluding carboxylic acids is 1. The summed E-state index contributed by atoms with van der Waals surface area (Å²) in [5.41, 5.74) is 2.81. The van der Waals surface area contributed by atoms with Gasteiger partial charge in [0.1, 0.15) is 0 Å². The van der Waals surface area contributed by atoms with Crippen molar-refractivity contribution in [2.45, 2.75) is 6.92 Å². The normalized spacial score (nSPS) is 11.7. The van der Waals surface area contributed by atoms with Crippen LogP contribution in [0, 0.1) is 6.92 Å². The zero-order chi connectivity index (χ0) is 16.4. The Bertz CT molecular complexity index is 908. The first-order chi connectivity index (χ1) is 11.1. The van der Waals surface area contributed by atoms with E-state index < -0.39 is 0 Å². The van der Waals surface area contributed by atoms with Gasteiger partial charge in [-0.15, -0.1) is 11.3 Å². The van der Waals surface area contributed by atoms with E-state index >= 15 is 0 Å². The van der Waals surface area contributed by atoms with Gasteiger partial charge in [-0.2, -0.15) is 4.99 Å². The third-order valence-corrected chi connectivity index (χ3v) is 5.11. The van der Waals surface area contributed by atoms with Crippen molar-refractivity contribution < 1.29 is 4.79 Å². The topological polar surface area (TPSA) is 34.4 Å². The number of amides is 1. The van der Waals surface area contributed by atoms with Gasteiger partial charge in [0.25, 0.3) is 5.91 Å². The number of carbonyl (C=O) groups is 1. The maximum absolute atomic E-state index is 12.3. The van der Waals surface area contributed by atoms with Gasteiger partial charge < -0.3 is 4.57 Å². The molecule has 0 unspecified atom stereocenters. The largest absolute Gasteiger partial charge is 0.319 e. The first-order valence-electron chi connectivity index (χ1n) is 7.13. The third-order valence-electron chi connectivity index (χ3n) is 3.54. The molecule has 0 saturated carbocycles. The smallest absolute Gasteiger partial charge is 0.279 e. The zero-order valence-corrected chi connectivity index (χ0v) is 15.2. The van der Waals surface area contributed by atoms with Crippen molar-refractivity contribution >= 4 is 33.2 Å². The average Bonchev–Trinajstić information content (AvgIpc) is 2.82. The Kier molecular flexibility index (Phi) is 4.59. The van der Waals surface area contributed by atoms with E-state index in [1.54, 1.807) is 12.1 Å². The van der Waals surface area contributed by atoms with E-state index in [0.717, 1.165) is 20.6 Å². The highest BCUT2D eigenvalue weighted by atomic mass is 79.9. The molecule has 1 heterocycles. The van der Waals surface area contributed by atoms with E-state index in [-0.39, 0.29) is 5.91 Å². The molecule has 0 N–H and O–H groups in total. The Balaban J connectivity index is 2.04. The Morgan fingerprint density at radius 2 is 1.74 bits per heavy atom. The minimum absolute atomic E-state index is 0.228. The molecule has 23 heavy (non-hydrogen) atoms. The van der Waals surface area contributed by atoms with E-state index in [0.29, 0.717) is 10.4 Å². The lowest BCUT2D eigenvalue weighted by Gasteiger charge is -2.04. The minimum atomic E-state index is -0.228. The van der Waals surface area contributed by atoms with Crippen LogP contribution in [0.4, 0.5) is 0 Å². The molecule has 3 nitrogen and oxygen atoms in total. The molecule has 0 spiro atoms. The number of hydrogen-bond donors (Lipinski definition) is 0. The SMILES string of the molecule is Cc1sc(=NC(=O)c2ccc(Br)cc2)n(C)c1-c1ccccc1. The van der Waals surface area contributed by atoms with Crippen LogP contribution in [-0.2, 0) is 7.05 Å². The van der Waals surface area contributed by atoms with E-state index in [4.69, 9.17) is 0 Å². The van der Waals surface area contributed by atoms with Crippen molar-refractivity contribution in [3.63, 3.8) is 0 Å². The summed E-state index contributed by atoms with van der Waals surface area (Å²) in [6.07, 6.45) is 0. The molecule has 3 rings (SSSR count). The quantitative estimate of drug-likeness (QED) is 0.635. The van der Waals surface area contributed by atoms with Crippen molar-refractivity contribution in [1.82, 2.24) is 4.57 Å². The summed E-state index contributed by atoms with van der Waals surface area (Å²) in [4.78, 5) is 18.5. The van der Waals surface area contributed by atoms with Gasteiger partial charge in [-0.3, -0.25) is 4.79 Å². The van der Waals surface area contributed by atoms with Crippen LogP contribution in [0.15, 0.2) is 64.1 Å². The van der Waals surface area contributed by atoms with Gasteiger partial charge in [0.2, 0.25) is 0 Å². The van der Waals surface area contributed by atoms with E-state index in [9.17, 15) is 4.79 Å². The van der Waals surface area contributed by atoms with E-state index in [1.807, 2.05) is 41.9 Å². The summed E-state index contributed by atoms with van der Waals surface area (Å²) in [5.74, 6) is -0.228. The number of benzene rings is 2. The molecule has 116 valence electrons. The fourth-order valence-electron chi connectivity index (χ4n) is 2.42. The average molecular weight is 387 g/mol. The lowest BCUT2D eigenvalue weighted by molar-refractivity contribution is 0.0998. The molecule has 3 aromatic rings.